The van der Waals surface area contributed by atoms with E-state index in [0.717, 1.165) is 6.42 Å². The van der Waals surface area contributed by atoms with Crippen molar-refractivity contribution >= 4 is 17.7 Å². The molecule has 2 heterocycles. The summed E-state index contributed by atoms with van der Waals surface area (Å²) in [4.78, 5) is 21.6. The molecule has 21 heavy (non-hydrogen) atoms. The number of nitrogens with zero attached hydrogens (tertiary/aromatic N) is 3. The first-order chi connectivity index (χ1) is 9.83. The summed E-state index contributed by atoms with van der Waals surface area (Å²) in [6.07, 6.45) is 2.15. The molecule has 0 N–H and O–H groups in total. The van der Waals surface area contributed by atoms with Gasteiger partial charge in [0.25, 0.3) is 0 Å². The Kier molecular flexibility index (Phi) is 4.88. The van der Waals surface area contributed by atoms with Gasteiger partial charge in [0.1, 0.15) is 10.8 Å². The number of ether oxygens (including phenoxy) is 2. The molecule has 0 spiro atoms. The van der Waals surface area contributed by atoms with E-state index in [1.54, 1.807) is 17.2 Å². The van der Waals surface area contributed by atoms with Gasteiger partial charge < -0.3 is 14.4 Å². The second kappa shape index (κ2) is 6.47. The summed E-state index contributed by atoms with van der Waals surface area (Å²) in [5.41, 5.74) is -0.472. The first-order valence-corrected chi connectivity index (χ1v) is 7.30. The summed E-state index contributed by atoms with van der Waals surface area (Å²) in [5.74, 6) is 0.250. The maximum atomic E-state index is 11.9. The minimum atomic E-state index is -0.472. The third-order valence-electron chi connectivity index (χ3n) is 2.99. The number of hydrogen-bond acceptors (Lipinski definition) is 5. The van der Waals surface area contributed by atoms with E-state index >= 15 is 0 Å². The van der Waals surface area contributed by atoms with Crippen LogP contribution in [0.5, 0.6) is 6.01 Å². The highest BCUT2D eigenvalue weighted by molar-refractivity contribution is 6.29. The minimum Gasteiger partial charge on any atom is -0.463 e. The van der Waals surface area contributed by atoms with Crippen molar-refractivity contribution in [3.8, 4) is 6.01 Å². The van der Waals surface area contributed by atoms with Crippen molar-refractivity contribution in [3.05, 3.63) is 17.4 Å². The largest absolute Gasteiger partial charge is 0.463 e. The number of rotatable bonds is 3. The van der Waals surface area contributed by atoms with Gasteiger partial charge in [-0.05, 0) is 33.3 Å². The van der Waals surface area contributed by atoms with Gasteiger partial charge in [-0.3, -0.25) is 0 Å². The molecule has 1 fully saturated rings. The van der Waals surface area contributed by atoms with E-state index in [4.69, 9.17) is 21.1 Å². The van der Waals surface area contributed by atoms with Crippen molar-refractivity contribution in [1.82, 2.24) is 14.9 Å². The van der Waals surface area contributed by atoms with Crippen molar-refractivity contribution in [2.75, 3.05) is 19.7 Å². The number of halogens is 1. The van der Waals surface area contributed by atoms with Crippen molar-refractivity contribution < 1.29 is 14.3 Å². The van der Waals surface area contributed by atoms with E-state index in [-0.39, 0.29) is 18.0 Å². The number of likely N-dealkylation sites (tertiary alicyclic amines) is 1. The standard InChI is InChI=1S/C14H20ClN3O3/c1-14(2,3)21-13(19)18-7-5-10(8-18)9-20-12-16-6-4-11(15)17-12/h4,6,10H,5,7-9H2,1-3H3/t10-/m0/s1. The second-order valence-corrected chi connectivity index (χ2v) is 6.44. The van der Waals surface area contributed by atoms with Gasteiger partial charge >= 0.3 is 12.1 Å². The average Bonchev–Trinajstić information content (AvgIpc) is 2.83. The van der Waals surface area contributed by atoms with Crippen LogP contribution in [0.2, 0.25) is 5.15 Å². The van der Waals surface area contributed by atoms with E-state index in [2.05, 4.69) is 9.97 Å². The smallest absolute Gasteiger partial charge is 0.410 e. The van der Waals surface area contributed by atoms with Crippen LogP contribution >= 0.6 is 11.6 Å². The molecule has 1 atom stereocenters. The molecule has 1 saturated heterocycles. The molecule has 1 aliphatic rings. The molecular formula is C14H20ClN3O3. The number of aromatic nitrogens is 2. The van der Waals surface area contributed by atoms with Crippen LogP contribution < -0.4 is 4.74 Å². The lowest BCUT2D eigenvalue weighted by molar-refractivity contribution is 0.0284. The van der Waals surface area contributed by atoms with Gasteiger partial charge in [0.2, 0.25) is 0 Å². The zero-order valence-electron chi connectivity index (χ0n) is 12.5. The summed E-state index contributed by atoms with van der Waals surface area (Å²) in [6, 6.07) is 1.85. The van der Waals surface area contributed by atoms with Gasteiger partial charge in [0.05, 0.1) is 6.61 Å². The SMILES string of the molecule is CC(C)(C)OC(=O)N1CC[C@H](COc2nccc(Cl)n2)C1. The van der Waals surface area contributed by atoms with Crippen molar-refractivity contribution in [2.24, 2.45) is 5.92 Å². The fraction of sp³-hybridized carbons (Fsp3) is 0.643. The van der Waals surface area contributed by atoms with Crippen LogP contribution in [0, 0.1) is 5.92 Å². The highest BCUT2D eigenvalue weighted by Crippen LogP contribution is 2.20. The molecule has 0 saturated carbocycles. The molecule has 0 unspecified atom stereocenters. The molecule has 0 bridgehead atoms. The zero-order chi connectivity index (χ0) is 15.5. The van der Waals surface area contributed by atoms with Gasteiger partial charge in [0.15, 0.2) is 0 Å². The van der Waals surface area contributed by atoms with Crippen LogP contribution in [-0.2, 0) is 4.74 Å². The topological polar surface area (TPSA) is 64.5 Å². The average molecular weight is 314 g/mol. The maximum absolute atomic E-state index is 11.9. The number of carbonyl (C=O) groups excluding carboxylic acids is 1. The lowest BCUT2D eigenvalue weighted by Crippen LogP contribution is -2.35. The minimum absolute atomic E-state index is 0.250. The normalized spacial score (nSPS) is 18.7. The molecule has 1 amide bonds. The maximum Gasteiger partial charge on any atom is 0.410 e. The van der Waals surface area contributed by atoms with Crippen LogP contribution in [-0.4, -0.2) is 46.3 Å². The van der Waals surface area contributed by atoms with Gasteiger partial charge in [0, 0.05) is 25.2 Å². The Morgan fingerprint density at radius 3 is 2.95 bits per heavy atom. The first-order valence-electron chi connectivity index (χ1n) is 6.93. The molecule has 2 rings (SSSR count). The zero-order valence-corrected chi connectivity index (χ0v) is 13.3. The number of carbonyl (C=O) groups is 1. The van der Waals surface area contributed by atoms with Crippen molar-refractivity contribution in [3.63, 3.8) is 0 Å². The summed E-state index contributed by atoms with van der Waals surface area (Å²) < 4.78 is 10.9. The van der Waals surface area contributed by atoms with Crippen LogP contribution in [0.3, 0.4) is 0 Å². The van der Waals surface area contributed by atoms with E-state index < -0.39 is 5.60 Å². The van der Waals surface area contributed by atoms with Gasteiger partial charge in [-0.15, -0.1) is 0 Å². The molecule has 1 aromatic rings. The van der Waals surface area contributed by atoms with Crippen LogP contribution in [0.1, 0.15) is 27.2 Å². The molecule has 1 aromatic heterocycles. The molecular weight excluding hydrogens is 294 g/mol. The number of hydrogen-bond donors (Lipinski definition) is 0. The van der Waals surface area contributed by atoms with E-state index in [1.165, 1.54) is 0 Å². The van der Waals surface area contributed by atoms with Crippen LogP contribution in [0.15, 0.2) is 12.3 Å². The van der Waals surface area contributed by atoms with Crippen molar-refractivity contribution in [2.45, 2.75) is 32.8 Å². The fourth-order valence-electron chi connectivity index (χ4n) is 2.04. The van der Waals surface area contributed by atoms with Crippen molar-refractivity contribution in [1.29, 1.82) is 0 Å². The van der Waals surface area contributed by atoms with Gasteiger partial charge in [-0.1, -0.05) is 11.6 Å². The summed E-state index contributed by atoms with van der Waals surface area (Å²) in [6.45, 7) is 7.34. The summed E-state index contributed by atoms with van der Waals surface area (Å²) in [7, 11) is 0. The Morgan fingerprint density at radius 1 is 1.52 bits per heavy atom. The van der Waals surface area contributed by atoms with E-state index in [1.807, 2.05) is 20.8 Å². The van der Waals surface area contributed by atoms with Gasteiger partial charge in [-0.2, -0.15) is 4.98 Å². The molecule has 0 radical (unpaired) electrons. The Hall–Kier alpha value is -1.56. The Labute approximate surface area is 129 Å². The van der Waals surface area contributed by atoms with E-state index in [0.29, 0.717) is 24.8 Å². The monoisotopic (exact) mass is 313 g/mol. The Balaban J connectivity index is 1.79. The highest BCUT2D eigenvalue weighted by atomic mass is 35.5. The second-order valence-electron chi connectivity index (χ2n) is 6.05. The third kappa shape index (κ3) is 5.04. The fourth-order valence-corrected chi connectivity index (χ4v) is 2.17. The lowest BCUT2D eigenvalue weighted by atomic mass is 10.1. The number of amides is 1. The summed E-state index contributed by atoms with van der Waals surface area (Å²) in [5, 5.41) is 0.349. The predicted molar refractivity (Wildman–Crippen MR) is 78.5 cm³/mol. The van der Waals surface area contributed by atoms with E-state index in [9.17, 15) is 4.79 Å². The Morgan fingerprint density at radius 2 is 2.29 bits per heavy atom. The third-order valence-corrected chi connectivity index (χ3v) is 3.20. The molecule has 0 aliphatic carbocycles. The molecule has 1 aliphatic heterocycles. The quantitative estimate of drug-likeness (QED) is 0.803. The predicted octanol–water partition coefficient (Wildman–Crippen LogP) is 2.77. The van der Waals surface area contributed by atoms with Gasteiger partial charge in [-0.25, -0.2) is 9.78 Å². The highest BCUT2D eigenvalue weighted by Gasteiger charge is 2.30. The molecule has 0 aromatic carbocycles. The first kappa shape index (κ1) is 15.8. The Bertz CT molecular complexity index is 504. The molecule has 7 heteroatoms. The molecule has 116 valence electrons. The lowest BCUT2D eigenvalue weighted by Gasteiger charge is -2.24. The van der Waals surface area contributed by atoms with Crippen LogP contribution in [0.4, 0.5) is 4.79 Å². The summed E-state index contributed by atoms with van der Waals surface area (Å²) >= 11 is 5.77. The van der Waals surface area contributed by atoms with Crippen LogP contribution in [0.25, 0.3) is 0 Å². The molecule has 6 nitrogen and oxygen atoms in total.